The van der Waals surface area contributed by atoms with Crippen molar-refractivity contribution in [2.75, 3.05) is 6.61 Å². The van der Waals surface area contributed by atoms with Crippen LogP contribution in [-0.2, 0) is 47.1 Å². The monoisotopic (exact) mass is 629 g/mol. The van der Waals surface area contributed by atoms with Gasteiger partial charge in [-0.2, -0.15) is 0 Å². The first-order chi connectivity index (χ1) is 23.2. The summed E-state index contributed by atoms with van der Waals surface area (Å²) in [5.74, 6) is 0. The summed E-state index contributed by atoms with van der Waals surface area (Å²) in [6.07, 6.45) is -1.25. The van der Waals surface area contributed by atoms with Gasteiger partial charge in [0.05, 0.1) is 26.4 Å². The highest BCUT2D eigenvalue weighted by Crippen LogP contribution is 2.26. The minimum absolute atomic E-state index is 0.0799. The molecule has 244 valence electrons. The average molecular weight is 630 g/mol. The van der Waals surface area contributed by atoms with Crippen LogP contribution >= 0.6 is 0 Å². The van der Waals surface area contributed by atoms with Crippen LogP contribution in [0.1, 0.15) is 41.2 Å². The van der Waals surface area contributed by atoms with E-state index in [1.54, 1.807) is 0 Å². The lowest BCUT2D eigenvalue weighted by molar-refractivity contribution is -0.169. The quantitative estimate of drug-likeness (QED) is 0.0998. The zero-order chi connectivity index (χ0) is 32.5. The standard InChI is InChI=1S/C42H47NO4/c1-2-39(43(28-34-18-8-3-9-19-34)29-35-20-10-4-11-21-35)41(46-31-37-24-14-6-15-25-37)42(47-32-38-26-16-7-17-27-38)40(44)33-45-30-36-22-12-5-13-23-36/h3-27,39-42,44H,2,28-33H2,1H3/t39-,40+,41+,42+/m0/s1. The van der Waals surface area contributed by atoms with E-state index in [4.69, 9.17) is 14.2 Å². The highest BCUT2D eigenvalue weighted by atomic mass is 16.6. The number of hydrogen-bond donors (Lipinski definition) is 1. The van der Waals surface area contributed by atoms with Gasteiger partial charge in [0.2, 0.25) is 0 Å². The number of aliphatic hydroxyl groups excluding tert-OH is 1. The van der Waals surface area contributed by atoms with Crippen LogP contribution in [0.15, 0.2) is 152 Å². The summed E-state index contributed by atoms with van der Waals surface area (Å²) in [5, 5.41) is 11.9. The molecule has 5 rings (SSSR count). The van der Waals surface area contributed by atoms with Gasteiger partial charge in [-0.15, -0.1) is 0 Å². The molecule has 5 aromatic carbocycles. The molecule has 4 atom stereocenters. The largest absolute Gasteiger partial charge is 0.388 e. The van der Waals surface area contributed by atoms with Crippen LogP contribution in [0.4, 0.5) is 0 Å². The van der Waals surface area contributed by atoms with E-state index in [1.165, 1.54) is 11.1 Å². The molecule has 5 heteroatoms. The first kappa shape index (κ1) is 34.2. The van der Waals surface area contributed by atoms with Crippen LogP contribution in [0, 0.1) is 0 Å². The van der Waals surface area contributed by atoms with E-state index >= 15 is 0 Å². The third-order valence-electron chi connectivity index (χ3n) is 8.40. The van der Waals surface area contributed by atoms with Crippen LogP contribution in [0.5, 0.6) is 0 Å². The number of nitrogens with zero attached hydrogens (tertiary/aromatic N) is 1. The molecule has 0 saturated heterocycles. The maximum Gasteiger partial charge on any atom is 0.114 e. The van der Waals surface area contributed by atoms with Gasteiger partial charge in [0.1, 0.15) is 18.3 Å². The molecule has 0 radical (unpaired) electrons. The average Bonchev–Trinajstić information content (AvgIpc) is 3.13. The lowest BCUT2D eigenvalue weighted by Gasteiger charge is -2.41. The van der Waals surface area contributed by atoms with Gasteiger partial charge in [0.25, 0.3) is 0 Å². The Bertz CT molecular complexity index is 1480. The summed E-state index contributed by atoms with van der Waals surface area (Å²) in [6.45, 7) is 4.92. The van der Waals surface area contributed by atoms with E-state index < -0.39 is 18.3 Å². The molecule has 5 nitrogen and oxygen atoms in total. The number of rotatable bonds is 19. The van der Waals surface area contributed by atoms with E-state index in [-0.39, 0.29) is 12.6 Å². The Morgan fingerprint density at radius 2 is 0.851 bits per heavy atom. The summed E-state index contributed by atoms with van der Waals surface area (Å²) in [6, 6.07) is 51.4. The molecular weight excluding hydrogens is 582 g/mol. The van der Waals surface area contributed by atoms with Crippen molar-refractivity contribution in [1.29, 1.82) is 0 Å². The van der Waals surface area contributed by atoms with Gasteiger partial charge in [-0.1, -0.05) is 159 Å². The molecule has 0 unspecified atom stereocenters. The van der Waals surface area contributed by atoms with E-state index in [2.05, 4.69) is 72.5 Å². The number of benzene rings is 5. The van der Waals surface area contributed by atoms with Crippen molar-refractivity contribution in [2.24, 2.45) is 0 Å². The van der Waals surface area contributed by atoms with Crippen molar-refractivity contribution in [2.45, 2.75) is 70.6 Å². The van der Waals surface area contributed by atoms with Crippen molar-refractivity contribution < 1.29 is 19.3 Å². The number of aliphatic hydroxyl groups is 1. The van der Waals surface area contributed by atoms with Crippen molar-refractivity contribution in [3.8, 4) is 0 Å². The Hall–Kier alpha value is -4.10. The SMILES string of the molecule is CC[C@@H]([C@@H](OCc1ccccc1)[C@H](OCc1ccccc1)[C@H](O)COCc1ccccc1)N(Cc1ccccc1)Cc1ccccc1. The van der Waals surface area contributed by atoms with Crippen LogP contribution in [-0.4, -0.2) is 41.0 Å². The van der Waals surface area contributed by atoms with Crippen LogP contribution in [0.3, 0.4) is 0 Å². The minimum Gasteiger partial charge on any atom is -0.388 e. The molecule has 0 bridgehead atoms. The van der Waals surface area contributed by atoms with Crippen LogP contribution in [0.25, 0.3) is 0 Å². The molecule has 0 aromatic heterocycles. The van der Waals surface area contributed by atoms with E-state index in [0.29, 0.717) is 19.8 Å². The Kier molecular flexibility index (Phi) is 13.8. The zero-order valence-corrected chi connectivity index (χ0v) is 27.3. The van der Waals surface area contributed by atoms with Crippen LogP contribution in [0.2, 0.25) is 0 Å². The Morgan fingerprint density at radius 3 is 1.26 bits per heavy atom. The maximum absolute atomic E-state index is 11.9. The predicted molar refractivity (Wildman–Crippen MR) is 188 cm³/mol. The topological polar surface area (TPSA) is 51.2 Å². The van der Waals surface area contributed by atoms with Gasteiger partial charge in [-0.05, 0) is 34.2 Å². The normalized spacial score (nSPS) is 14.0. The third kappa shape index (κ3) is 11.0. The molecule has 47 heavy (non-hydrogen) atoms. The molecule has 0 amide bonds. The van der Waals surface area contributed by atoms with Crippen LogP contribution < -0.4 is 0 Å². The van der Waals surface area contributed by atoms with Gasteiger partial charge in [-0.25, -0.2) is 0 Å². The lowest BCUT2D eigenvalue weighted by atomic mass is 9.95. The van der Waals surface area contributed by atoms with Crippen molar-refractivity contribution in [3.05, 3.63) is 179 Å². The Balaban J connectivity index is 1.47. The van der Waals surface area contributed by atoms with Gasteiger partial charge >= 0.3 is 0 Å². The summed E-state index contributed by atoms with van der Waals surface area (Å²) < 4.78 is 19.7. The second-order valence-electron chi connectivity index (χ2n) is 11.9. The molecule has 0 fully saturated rings. The molecular formula is C42H47NO4. The Labute approximate surface area is 280 Å². The van der Waals surface area contributed by atoms with Crippen molar-refractivity contribution in [3.63, 3.8) is 0 Å². The molecule has 0 saturated carbocycles. The smallest absolute Gasteiger partial charge is 0.114 e. The van der Waals surface area contributed by atoms with Gasteiger partial charge in [-0.3, -0.25) is 4.90 Å². The fourth-order valence-corrected chi connectivity index (χ4v) is 5.97. The first-order valence-corrected chi connectivity index (χ1v) is 16.6. The van der Waals surface area contributed by atoms with E-state index in [0.717, 1.165) is 36.2 Å². The highest BCUT2D eigenvalue weighted by molar-refractivity contribution is 5.19. The third-order valence-corrected chi connectivity index (χ3v) is 8.40. The maximum atomic E-state index is 11.9. The highest BCUT2D eigenvalue weighted by Gasteiger charge is 2.38. The molecule has 1 N–H and O–H groups in total. The molecule has 0 heterocycles. The summed E-state index contributed by atoms with van der Waals surface area (Å²) in [5.41, 5.74) is 5.60. The van der Waals surface area contributed by atoms with Crippen molar-refractivity contribution >= 4 is 0 Å². The predicted octanol–water partition coefficient (Wildman–Crippen LogP) is 8.22. The van der Waals surface area contributed by atoms with E-state index in [1.807, 2.05) is 91.0 Å². The second-order valence-corrected chi connectivity index (χ2v) is 11.9. The van der Waals surface area contributed by atoms with Gasteiger partial charge in [0, 0.05) is 19.1 Å². The van der Waals surface area contributed by atoms with Crippen molar-refractivity contribution in [1.82, 2.24) is 4.90 Å². The molecule has 0 spiro atoms. The van der Waals surface area contributed by atoms with Gasteiger partial charge in [0.15, 0.2) is 0 Å². The first-order valence-electron chi connectivity index (χ1n) is 16.6. The molecule has 0 aliphatic rings. The second kappa shape index (κ2) is 18.9. The summed E-state index contributed by atoms with van der Waals surface area (Å²) >= 11 is 0. The lowest BCUT2D eigenvalue weighted by Crippen LogP contribution is -2.54. The molecule has 0 aliphatic carbocycles. The molecule has 0 aliphatic heterocycles. The summed E-state index contributed by atoms with van der Waals surface area (Å²) in [7, 11) is 0. The fraction of sp³-hybridized carbons (Fsp3) is 0.286. The number of ether oxygens (including phenoxy) is 3. The zero-order valence-electron chi connectivity index (χ0n) is 27.3. The minimum atomic E-state index is -0.924. The Morgan fingerprint density at radius 1 is 0.489 bits per heavy atom. The van der Waals surface area contributed by atoms with E-state index in [9.17, 15) is 5.11 Å². The number of hydrogen-bond acceptors (Lipinski definition) is 5. The molecule has 5 aromatic rings. The fourth-order valence-electron chi connectivity index (χ4n) is 5.97. The summed E-state index contributed by atoms with van der Waals surface area (Å²) in [4.78, 5) is 2.47. The van der Waals surface area contributed by atoms with Gasteiger partial charge < -0.3 is 19.3 Å².